The molecule has 1 aromatic heterocycles. The van der Waals surface area contributed by atoms with Crippen LogP contribution in [0.1, 0.15) is 31.1 Å². The molecule has 0 fully saturated rings. The van der Waals surface area contributed by atoms with Gasteiger partial charge in [0.1, 0.15) is 5.60 Å². The number of esters is 1. The third kappa shape index (κ3) is 2.49. The van der Waals surface area contributed by atoms with E-state index in [1.165, 1.54) is 0 Å². The van der Waals surface area contributed by atoms with E-state index in [0.29, 0.717) is 5.56 Å². The van der Waals surface area contributed by atoms with E-state index in [4.69, 9.17) is 4.74 Å². The number of fused-ring (bicyclic) bond motifs is 1. The van der Waals surface area contributed by atoms with Gasteiger partial charge in [-0.2, -0.15) is 0 Å². The van der Waals surface area contributed by atoms with Crippen molar-refractivity contribution in [3.8, 4) is 0 Å². The monoisotopic (exact) mass is 231 g/mol. The van der Waals surface area contributed by atoms with Crippen LogP contribution in [0.2, 0.25) is 0 Å². The molecule has 0 unspecified atom stereocenters. The lowest BCUT2D eigenvalue weighted by Crippen LogP contribution is -2.23. The van der Waals surface area contributed by atoms with E-state index < -0.39 is 5.60 Å². The molecule has 3 nitrogen and oxygen atoms in total. The largest absolute Gasteiger partial charge is 0.456 e. The molecule has 2 aromatic rings. The molecule has 0 amide bonds. The van der Waals surface area contributed by atoms with Crippen LogP contribution < -0.4 is 0 Å². The molecule has 0 spiro atoms. The van der Waals surface area contributed by atoms with Gasteiger partial charge < -0.3 is 9.30 Å². The maximum atomic E-state index is 11.9. The van der Waals surface area contributed by atoms with Crippen LogP contribution in [0.25, 0.3) is 10.9 Å². The maximum Gasteiger partial charge on any atom is 0.338 e. The molecule has 0 aliphatic heterocycles. The Bertz CT molecular complexity index is 561. The van der Waals surface area contributed by atoms with E-state index in [1.807, 2.05) is 56.8 Å². The van der Waals surface area contributed by atoms with Crippen LogP contribution in [0.5, 0.6) is 0 Å². The Morgan fingerprint density at radius 2 is 1.94 bits per heavy atom. The molecule has 0 bridgehead atoms. The zero-order chi connectivity index (χ0) is 12.6. The molecular formula is C14H17NO2. The van der Waals surface area contributed by atoms with Crippen molar-refractivity contribution in [2.45, 2.75) is 26.4 Å². The van der Waals surface area contributed by atoms with Crippen LogP contribution in [0.15, 0.2) is 30.5 Å². The first-order valence-electron chi connectivity index (χ1n) is 5.65. The van der Waals surface area contributed by atoms with E-state index in [1.54, 1.807) is 6.07 Å². The number of ether oxygens (including phenoxy) is 1. The molecule has 90 valence electrons. The summed E-state index contributed by atoms with van der Waals surface area (Å²) in [4.78, 5) is 11.9. The van der Waals surface area contributed by atoms with Crippen molar-refractivity contribution in [2.75, 3.05) is 0 Å². The molecule has 0 aliphatic rings. The summed E-state index contributed by atoms with van der Waals surface area (Å²) < 4.78 is 7.36. The minimum absolute atomic E-state index is 0.275. The highest BCUT2D eigenvalue weighted by atomic mass is 16.6. The second-order valence-corrected chi connectivity index (χ2v) is 5.20. The number of hydrogen-bond donors (Lipinski definition) is 0. The van der Waals surface area contributed by atoms with Gasteiger partial charge in [-0.1, -0.05) is 0 Å². The Kier molecular flexibility index (Phi) is 2.69. The summed E-state index contributed by atoms with van der Waals surface area (Å²) in [6.07, 6.45) is 1.98. The van der Waals surface area contributed by atoms with Crippen LogP contribution in [-0.2, 0) is 11.8 Å². The number of nitrogens with zero attached hydrogens (tertiary/aromatic N) is 1. The quantitative estimate of drug-likeness (QED) is 0.706. The van der Waals surface area contributed by atoms with E-state index in [0.717, 1.165) is 10.9 Å². The lowest BCUT2D eigenvalue weighted by molar-refractivity contribution is 0.00697. The molecule has 17 heavy (non-hydrogen) atoms. The number of hydrogen-bond acceptors (Lipinski definition) is 2. The van der Waals surface area contributed by atoms with Gasteiger partial charge in [0.25, 0.3) is 0 Å². The average Bonchev–Trinajstić information content (AvgIpc) is 2.57. The van der Waals surface area contributed by atoms with Crippen molar-refractivity contribution in [2.24, 2.45) is 7.05 Å². The normalized spacial score (nSPS) is 11.8. The second kappa shape index (κ2) is 3.91. The predicted octanol–water partition coefficient (Wildman–Crippen LogP) is 3.13. The second-order valence-electron chi connectivity index (χ2n) is 5.20. The zero-order valence-corrected chi connectivity index (χ0v) is 10.7. The molecule has 1 aromatic carbocycles. The molecule has 3 heteroatoms. The summed E-state index contributed by atoms with van der Waals surface area (Å²) in [6, 6.07) is 7.59. The van der Waals surface area contributed by atoms with Crippen LogP contribution in [-0.4, -0.2) is 16.1 Å². The van der Waals surface area contributed by atoms with Crippen LogP contribution in [0.4, 0.5) is 0 Å². The van der Waals surface area contributed by atoms with Crippen molar-refractivity contribution < 1.29 is 9.53 Å². The minimum Gasteiger partial charge on any atom is -0.456 e. The number of carbonyl (C=O) groups excluding carboxylic acids is 1. The minimum atomic E-state index is -0.456. The Morgan fingerprint density at radius 3 is 2.59 bits per heavy atom. The van der Waals surface area contributed by atoms with Gasteiger partial charge in [0.15, 0.2) is 0 Å². The Morgan fingerprint density at radius 1 is 1.24 bits per heavy atom. The topological polar surface area (TPSA) is 31.2 Å². The third-order valence-corrected chi connectivity index (χ3v) is 2.52. The van der Waals surface area contributed by atoms with Crippen molar-refractivity contribution in [3.63, 3.8) is 0 Å². The first-order chi connectivity index (χ1) is 7.87. The van der Waals surface area contributed by atoms with Gasteiger partial charge in [-0.3, -0.25) is 0 Å². The molecule has 0 saturated carbocycles. The van der Waals surface area contributed by atoms with Crippen molar-refractivity contribution in [3.05, 3.63) is 36.0 Å². The lowest BCUT2D eigenvalue weighted by atomic mass is 10.1. The van der Waals surface area contributed by atoms with E-state index >= 15 is 0 Å². The van der Waals surface area contributed by atoms with Gasteiger partial charge in [0.05, 0.1) is 5.56 Å². The molecule has 0 aliphatic carbocycles. The number of aryl methyl sites for hydroxylation is 1. The summed E-state index contributed by atoms with van der Waals surface area (Å²) >= 11 is 0. The van der Waals surface area contributed by atoms with Crippen molar-refractivity contribution in [1.29, 1.82) is 0 Å². The van der Waals surface area contributed by atoms with E-state index in [2.05, 4.69) is 0 Å². The fraction of sp³-hybridized carbons (Fsp3) is 0.357. The first kappa shape index (κ1) is 11.7. The molecule has 0 N–H and O–H groups in total. The molecule has 2 rings (SSSR count). The molecular weight excluding hydrogens is 214 g/mol. The SMILES string of the molecule is Cn1ccc2cc(C(=O)OC(C)(C)C)ccc21. The Hall–Kier alpha value is -1.77. The van der Waals surface area contributed by atoms with Crippen LogP contribution >= 0.6 is 0 Å². The molecule has 1 heterocycles. The predicted molar refractivity (Wildman–Crippen MR) is 68.1 cm³/mol. The average molecular weight is 231 g/mol. The highest BCUT2D eigenvalue weighted by Crippen LogP contribution is 2.19. The molecule has 0 saturated heterocycles. The summed E-state index contributed by atoms with van der Waals surface area (Å²) in [5.74, 6) is -0.275. The van der Waals surface area contributed by atoms with Gasteiger partial charge in [0.2, 0.25) is 0 Å². The van der Waals surface area contributed by atoms with Crippen LogP contribution in [0.3, 0.4) is 0 Å². The lowest BCUT2D eigenvalue weighted by Gasteiger charge is -2.19. The van der Waals surface area contributed by atoms with Gasteiger partial charge in [-0.15, -0.1) is 0 Å². The fourth-order valence-electron chi connectivity index (χ4n) is 1.75. The summed E-state index contributed by atoms with van der Waals surface area (Å²) in [7, 11) is 1.98. The maximum absolute atomic E-state index is 11.9. The van der Waals surface area contributed by atoms with Gasteiger partial charge in [-0.25, -0.2) is 4.79 Å². The Balaban J connectivity index is 2.33. The van der Waals surface area contributed by atoms with E-state index in [9.17, 15) is 4.79 Å². The van der Waals surface area contributed by atoms with E-state index in [-0.39, 0.29) is 5.97 Å². The summed E-state index contributed by atoms with van der Waals surface area (Å²) in [5.41, 5.74) is 1.25. The third-order valence-electron chi connectivity index (χ3n) is 2.52. The summed E-state index contributed by atoms with van der Waals surface area (Å²) in [6.45, 7) is 5.60. The highest BCUT2D eigenvalue weighted by molar-refractivity contribution is 5.95. The van der Waals surface area contributed by atoms with Crippen molar-refractivity contribution >= 4 is 16.9 Å². The van der Waals surface area contributed by atoms with Gasteiger partial charge >= 0.3 is 5.97 Å². The fourth-order valence-corrected chi connectivity index (χ4v) is 1.75. The standard InChI is InChI=1S/C14H17NO2/c1-14(2,3)17-13(16)11-5-6-12-10(9-11)7-8-15(12)4/h5-9H,1-4H3. The number of carbonyl (C=O) groups is 1. The molecule has 0 radical (unpaired) electrons. The smallest absolute Gasteiger partial charge is 0.338 e. The Labute approximate surface area is 101 Å². The molecule has 0 atom stereocenters. The number of rotatable bonds is 1. The number of aromatic nitrogens is 1. The number of benzene rings is 1. The zero-order valence-electron chi connectivity index (χ0n) is 10.7. The first-order valence-corrected chi connectivity index (χ1v) is 5.65. The van der Waals surface area contributed by atoms with Crippen molar-refractivity contribution in [1.82, 2.24) is 4.57 Å². The van der Waals surface area contributed by atoms with Crippen LogP contribution in [0, 0.1) is 0 Å². The highest BCUT2D eigenvalue weighted by Gasteiger charge is 2.18. The van der Waals surface area contributed by atoms with Gasteiger partial charge in [-0.05, 0) is 45.0 Å². The van der Waals surface area contributed by atoms with Gasteiger partial charge in [0, 0.05) is 24.1 Å². The summed E-state index contributed by atoms with van der Waals surface area (Å²) in [5, 5.41) is 1.05.